The Kier molecular flexibility index (Phi) is 4.22. The number of likely N-dealkylation sites (tertiary alicyclic amines) is 1. The predicted octanol–water partition coefficient (Wildman–Crippen LogP) is 2.61. The summed E-state index contributed by atoms with van der Waals surface area (Å²) in [5.41, 5.74) is 4.15. The molecule has 0 saturated carbocycles. The van der Waals surface area contributed by atoms with Gasteiger partial charge in [-0.05, 0) is 30.2 Å². The van der Waals surface area contributed by atoms with Crippen molar-refractivity contribution in [3.63, 3.8) is 0 Å². The van der Waals surface area contributed by atoms with E-state index in [-0.39, 0.29) is 5.63 Å². The average Bonchev–Trinajstić information content (AvgIpc) is 3.22. The van der Waals surface area contributed by atoms with Gasteiger partial charge in [0.25, 0.3) is 0 Å². The zero-order chi connectivity index (χ0) is 17.4. The topological polar surface area (TPSA) is 39.6 Å². The maximum absolute atomic E-state index is 12.1. The number of nitrogens with zero attached hydrogens (tertiary/aromatic N) is 1. The van der Waals surface area contributed by atoms with Gasteiger partial charge in [0.05, 0.1) is 12.2 Å². The van der Waals surface area contributed by atoms with E-state index in [1.807, 2.05) is 6.07 Å². The van der Waals surface area contributed by atoms with Crippen molar-refractivity contribution >= 4 is 11.0 Å². The standard InChI is InChI=1S/C21H24N2O2/c1-3-15-8-9-17-16(13-21(24)25-20(17)12-15)14-23-11-5-7-19(23)18-6-4-10-22(18)2/h4,6,8-10,12-13,19H,3,5,7,11,14H2,1-2H3/p+1/t19-/m1/s1. The third kappa shape index (κ3) is 3.02. The number of nitrogens with one attached hydrogen (secondary N) is 1. The SMILES string of the molecule is CCc1ccc2c(C[NH+]3CCC[C@@H]3c3cccn3C)cc(=O)oc2c1. The van der Waals surface area contributed by atoms with E-state index in [4.69, 9.17) is 4.42 Å². The molecule has 1 aliphatic heterocycles. The predicted molar refractivity (Wildman–Crippen MR) is 98.8 cm³/mol. The smallest absolute Gasteiger partial charge is 0.336 e. The molecule has 1 saturated heterocycles. The average molecular weight is 337 g/mol. The Morgan fingerprint density at radius 2 is 2.16 bits per heavy atom. The molecule has 0 bridgehead atoms. The molecule has 0 radical (unpaired) electrons. The summed E-state index contributed by atoms with van der Waals surface area (Å²) < 4.78 is 7.68. The third-order valence-corrected chi connectivity index (χ3v) is 5.54. The molecular formula is C21H25N2O2+. The number of fused-ring (bicyclic) bond motifs is 1. The fourth-order valence-corrected chi connectivity index (χ4v) is 4.20. The maximum atomic E-state index is 12.1. The summed E-state index contributed by atoms with van der Waals surface area (Å²) in [5.74, 6) is 0. The molecule has 3 heterocycles. The second-order valence-electron chi connectivity index (χ2n) is 7.10. The molecule has 4 heteroatoms. The van der Waals surface area contributed by atoms with Crippen molar-refractivity contribution in [1.29, 1.82) is 0 Å². The molecule has 4 nitrogen and oxygen atoms in total. The van der Waals surface area contributed by atoms with Crippen LogP contribution in [-0.4, -0.2) is 11.1 Å². The van der Waals surface area contributed by atoms with Crippen LogP contribution in [0.4, 0.5) is 0 Å². The second kappa shape index (κ2) is 6.52. The van der Waals surface area contributed by atoms with Gasteiger partial charge in [-0.3, -0.25) is 0 Å². The van der Waals surface area contributed by atoms with Crippen molar-refractivity contribution in [3.05, 3.63) is 69.8 Å². The molecule has 25 heavy (non-hydrogen) atoms. The van der Waals surface area contributed by atoms with Crippen molar-refractivity contribution in [2.45, 2.75) is 38.8 Å². The van der Waals surface area contributed by atoms with E-state index in [0.29, 0.717) is 6.04 Å². The summed E-state index contributed by atoms with van der Waals surface area (Å²) in [6, 6.07) is 12.8. The van der Waals surface area contributed by atoms with Crippen molar-refractivity contribution in [2.24, 2.45) is 7.05 Å². The summed E-state index contributed by atoms with van der Waals surface area (Å²) in [6.45, 7) is 4.12. The van der Waals surface area contributed by atoms with Crippen molar-refractivity contribution in [1.82, 2.24) is 4.57 Å². The quantitative estimate of drug-likeness (QED) is 0.744. The van der Waals surface area contributed by atoms with Gasteiger partial charge in [0.15, 0.2) is 0 Å². The van der Waals surface area contributed by atoms with Gasteiger partial charge in [0.1, 0.15) is 18.2 Å². The number of hydrogen-bond acceptors (Lipinski definition) is 2. The van der Waals surface area contributed by atoms with Gasteiger partial charge in [0, 0.05) is 43.1 Å². The molecular weight excluding hydrogens is 312 g/mol. The van der Waals surface area contributed by atoms with Crippen LogP contribution in [0.1, 0.15) is 42.6 Å². The van der Waals surface area contributed by atoms with E-state index >= 15 is 0 Å². The van der Waals surface area contributed by atoms with Crippen LogP contribution < -0.4 is 10.5 Å². The van der Waals surface area contributed by atoms with Crippen LogP contribution in [-0.2, 0) is 20.0 Å². The fourth-order valence-electron chi connectivity index (χ4n) is 4.20. The van der Waals surface area contributed by atoms with E-state index < -0.39 is 0 Å². The van der Waals surface area contributed by atoms with Crippen LogP contribution in [0.3, 0.4) is 0 Å². The zero-order valence-electron chi connectivity index (χ0n) is 14.9. The molecule has 1 N–H and O–H groups in total. The van der Waals surface area contributed by atoms with E-state index in [2.05, 4.69) is 49.0 Å². The molecule has 1 aliphatic rings. The number of quaternary nitrogens is 1. The van der Waals surface area contributed by atoms with Crippen molar-refractivity contribution in [2.75, 3.05) is 6.54 Å². The van der Waals surface area contributed by atoms with Crippen LogP contribution in [0.25, 0.3) is 11.0 Å². The number of aromatic nitrogens is 1. The number of hydrogen-bond donors (Lipinski definition) is 1. The number of aryl methyl sites for hydroxylation is 2. The van der Waals surface area contributed by atoms with Gasteiger partial charge >= 0.3 is 5.63 Å². The van der Waals surface area contributed by atoms with Gasteiger partial charge < -0.3 is 13.9 Å². The summed E-state index contributed by atoms with van der Waals surface area (Å²) in [5, 5.41) is 1.07. The molecule has 2 atom stereocenters. The zero-order valence-corrected chi connectivity index (χ0v) is 14.9. The summed E-state index contributed by atoms with van der Waals surface area (Å²) in [6.07, 6.45) is 5.48. The largest absolute Gasteiger partial charge is 0.423 e. The normalized spacial score (nSPS) is 20.4. The van der Waals surface area contributed by atoms with Crippen LogP contribution in [0.5, 0.6) is 0 Å². The van der Waals surface area contributed by atoms with Gasteiger partial charge in [-0.25, -0.2) is 4.79 Å². The second-order valence-corrected chi connectivity index (χ2v) is 7.10. The molecule has 3 aromatic rings. The molecule has 130 valence electrons. The highest BCUT2D eigenvalue weighted by Crippen LogP contribution is 2.22. The first-order chi connectivity index (χ1) is 12.2. The first-order valence-electron chi connectivity index (χ1n) is 9.17. The van der Waals surface area contributed by atoms with Crippen LogP contribution in [0, 0.1) is 0 Å². The first-order valence-corrected chi connectivity index (χ1v) is 9.17. The highest BCUT2D eigenvalue weighted by atomic mass is 16.4. The van der Waals surface area contributed by atoms with E-state index in [0.717, 1.165) is 36.0 Å². The molecule has 4 rings (SSSR count). The van der Waals surface area contributed by atoms with Gasteiger partial charge in [0.2, 0.25) is 0 Å². The Hall–Kier alpha value is -2.33. The van der Waals surface area contributed by atoms with E-state index in [9.17, 15) is 4.79 Å². The van der Waals surface area contributed by atoms with E-state index in [1.165, 1.54) is 29.0 Å². The Labute approximate surface area is 147 Å². The minimum absolute atomic E-state index is 0.246. The Balaban J connectivity index is 1.70. The number of rotatable bonds is 4. The molecule has 0 amide bonds. The summed E-state index contributed by atoms with van der Waals surface area (Å²) >= 11 is 0. The molecule has 2 aromatic heterocycles. The Morgan fingerprint density at radius 1 is 1.28 bits per heavy atom. The molecule has 1 unspecified atom stereocenters. The Bertz CT molecular complexity index is 954. The first kappa shape index (κ1) is 16.2. The van der Waals surface area contributed by atoms with Gasteiger partial charge in [-0.15, -0.1) is 0 Å². The molecule has 1 aromatic carbocycles. The highest BCUT2D eigenvalue weighted by molar-refractivity contribution is 5.80. The minimum Gasteiger partial charge on any atom is -0.423 e. The molecule has 1 fully saturated rings. The lowest BCUT2D eigenvalue weighted by Crippen LogP contribution is -3.09. The van der Waals surface area contributed by atoms with Crippen molar-refractivity contribution < 1.29 is 9.32 Å². The fraction of sp³-hybridized carbons (Fsp3) is 0.381. The summed E-state index contributed by atoms with van der Waals surface area (Å²) in [7, 11) is 2.12. The lowest BCUT2D eigenvalue weighted by Gasteiger charge is -2.22. The third-order valence-electron chi connectivity index (χ3n) is 5.54. The molecule has 0 aliphatic carbocycles. The van der Waals surface area contributed by atoms with Crippen molar-refractivity contribution in [3.8, 4) is 0 Å². The lowest BCUT2D eigenvalue weighted by atomic mass is 10.1. The van der Waals surface area contributed by atoms with Gasteiger partial charge in [-0.1, -0.05) is 19.1 Å². The minimum atomic E-state index is -0.246. The maximum Gasteiger partial charge on any atom is 0.336 e. The lowest BCUT2D eigenvalue weighted by molar-refractivity contribution is -0.932. The van der Waals surface area contributed by atoms with Crippen LogP contribution in [0.2, 0.25) is 0 Å². The van der Waals surface area contributed by atoms with Gasteiger partial charge in [-0.2, -0.15) is 0 Å². The van der Waals surface area contributed by atoms with Crippen LogP contribution in [0.15, 0.2) is 51.8 Å². The monoisotopic (exact) mass is 337 g/mol. The summed E-state index contributed by atoms with van der Waals surface area (Å²) in [4.78, 5) is 13.6. The Morgan fingerprint density at radius 3 is 2.92 bits per heavy atom. The van der Waals surface area contributed by atoms with Crippen LogP contribution >= 0.6 is 0 Å². The number of benzene rings is 1. The molecule has 0 spiro atoms. The highest BCUT2D eigenvalue weighted by Gasteiger charge is 2.32. The van der Waals surface area contributed by atoms with E-state index in [1.54, 1.807) is 6.07 Å².